The van der Waals surface area contributed by atoms with Crippen LogP contribution >= 0.6 is 34.3 Å². The number of hydrogen-bond donors (Lipinski definition) is 1. The molecule has 3 aromatic heterocycles. The first-order valence-electron chi connectivity index (χ1n) is 7.85. The van der Waals surface area contributed by atoms with E-state index in [1.165, 1.54) is 11.3 Å². The van der Waals surface area contributed by atoms with Gasteiger partial charge in [-0.15, -0.1) is 11.3 Å². The number of pyridine rings is 1. The second-order valence-electron chi connectivity index (χ2n) is 5.76. The topological polar surface area (TPSA) is 58.1 Å². The Balaban J connectivity index is 1.40. The highest BCUT2D eigenvalue weighted by Gasteiger charge is 2.26. The maximum absolute atomic E-state index is 12.5. The predicted molar refractivity (Wildman–Crippen MR) is 103 cm³/mol. The van der Waals surface area contributed by atoms with E-state index in [1.54, 1.807) is 23.7 Å². The van der Waals surface area contributed by atoms with Crippen molar-refractivity contribution in [2.75, 3.05) is 18.0 Å². The van der Waals surface area contributed by atoms with E-state index in [4.69, 9.17) is 11.6 Å². The van der Waals surface area contributed by atoms with Gasteiger partial charge in [-0.3, -0.25) is 4.79 Å². The number of amides is 1. The molecule has 1 saturated heterocycles. The monoisotopic (exact) mass is 390 g/mol. The van der Waals surface area contributed by atoms with Crippen molar-refractivity contribution >= 4 is 46.0 Å². The number of thiophene rings is 1. The maximum Gasteiger partial charge on any atom is 0.263 e. The summed E-state index contributed by atoms with van der Waals surface area (Å²) in [6.45, 7) is 1.53. The van der Waals surface area contributed by atoms with Crippen LogP contribution in [0, 0.1) is 0 Å². The number of thiazole rings is 1. The first-order valence-corrected chi connectivity index (χ1v) is 9.99. The number of nitrogens with one attached hydrogen (secondary N) is 1. The molecule has 25 heavy (non-hydrogen) atoms. The summed E-state index contributed by atoms with van der Waals surface area (Å²) in [5, 5.41) is 8.65. The third-order valence-corrected chi connectivity index (χ3v) is 6.08. The SMILES string of the molecule is O=C(NC1CCN(c2ncccc2Cl)C1)c1cnc(-c2ccsc2)s1. The predicted octanol–water partition coefficient (Wildman–Crippen LogP) is 3.93. The van der Waals surface area contributed by atoms with Gasteiger partial charge < -0.3 is 10.2 Å². The lowest BCUT2D eigenvalue weighted by molar-refractivity contribution is 0.0944. The van der Waals surface area contributed by atoms with Gasteiger partial charge in [-0.25, -0.2) is 9.97 Å². The molecule has 0 saturated carbocycles. The molecule has 1 fully saturated rings. The fourth-order valence-electron chi connectivity index (χ4n) is 2.84. The molecule has 1 aliphatic heterocycles. The van der Waals surface area contributed by atoms with Crippen LogP contribution in [0.5, 0.6) is 0 Å². The van der Waals surface area contributed by atoms with Gasteiger partial charge in [-0.1, -0.05) is 11.6 Å². The van der Waals surface area contributed by atoms with E-state index in [1.807, 2.05) is 29.0 Å². The zero-order valence-corrected chi connectivity index (χ0v) is 15.6. The van der Waals surface area contributed by atoms with E-state index in [9.17, 15) is 4.79 Å². The quantitative estimate of drug-likeness (QED) is 0.733. The van der Waals surface area contributed by atoms with E-state index in [0.717, 1.165) is 29.4 Å². The van der Waals surface area contributed by atoms with Gasteiger partial charge in [0.05, 0.1) is 11.2 Å². The summed E-state index contributed by atoms with van der Waals surface area (Å²) in [7, 11) is 0. The summed E-state index contributed by atoms with van der Waals surface area (Å²) in [5.41, 5.74) is 1.06. The van der Waals surface area contributed by atoms with E-state index < -0.39 is 0 Å². The van der Waals surface area contributed by atoms with E-state index in [-0.39, 0.29) is 11.9 Å². The molecule has 1 amide bonds. The number of carbonyl (C=O) groups excluding carboxylic acids is 1. The molecular weight excluding hydrogens is 376 g/mol. The highest BCUT2D eigenvalue weighted by molar-refractivity contribution is 7.17. The Labute approximate surface area is 158 Å². The van der Waals surface area contributed by atoms with Crippen LogP contribution in [0.15, 0.2) is 41.4 Å². The lowest BCUT2D eigenvalue weighted by Crippen LogP contribution is -2.36. The molecular formula is C17H15ClN4OS2. The van der Waals surface area contributed by atoms with Crippen molar-refractivity contribution in [3.63, 3.8) is 0 Å². The molecule has 4 rings (SSSR count). The highest BCUT2D eigenvalue weighted by Crippen LogP contribution is 2.28. The maximum atomic E-state index is 12.5. The van der Waals surface area contributed by atoms with Crippen LogP contribution in [-0.2, 0) is 0 Å². The third kappa shape index (κ3) is 3.53. The third-order valence-electron chi connectivity index (χ3n) is 4.06. The van der Waals surface area contributed by atoms with Crippen LogP contribution in [0.4, 0.5) is 5.82 Å². The number of anilines is 1. The van der Waals surface area contributed by atoms with Crippen molar-refractivity contribution in [1.29, 1.82) is 0 Å². The van der Waals surface area contributed by atoms with Gasteiger partial charge in [0.25, 0.3) is 5.91 Å². The zero-order valence-electron chi connectivity index (χ0n) is 13.2. The summed E-state index contributed by atoms with van der Waals surface area (Å²) < 4.78 is 0. The molecule has 1 N–H and O–H groups in total. The van der Waals surface area contributed by atoms with Crippen LogP contribution in [0.1, 0.15) is 16.1 Å². The second-order valence-corrected chi connectivity index (χ2v) is 7.97. The molecule has 0 radical (unpaired) electrons. The molecule has 1 aliphatic rings. The Bertz CT molecular complexity index is 880. The molecule has 0 aromatic carbocycles. The van der Waals surface area contributed by atoms with E-state index in [0.29, 0.717) is 16.4 Å². The van der Waals surface area contributed by atoms with Gasteiger partial charge >= 0.3 is 0 Å². The van der Waals surface area contributed by atoms with Gasteiger partial charge in [0.15, 0.2) is 0 Å². The largest absolute Gasteiger partial charge is 0.353 e. The van der Waals surface area contributed by atoms with Crippen molar-refractivity contribution in [2.24, 2.45) is 0 Å². The Morgan fingerprint density at radius 1 is 1.36 bits per heavy atom. The number of hydrogen-bond acceptors (Lipinski definition) is 6. The standard InChI is InChI=1S/C17H15ClN4OS2/c18-13-2-1-5-19-15(13)22-6-3-12(9-22)21-16(23)14-8-20-17(25-14)11-4-7-24-10-11/h1-2,4-5,7-8,10,12H,3,6,9H2,(H,21,23). The molecule has 8 heteroatoms. The molecule has 0 aliphatic carbocycles. The number of nitrogens with zero attached hydrogens (tertiary/aromatic N) is 3. The van der Waals surface area contributed by atoms with Crippen LogP contribution < -0.4 is 10.2 Å². The lowest BCUT2D eigenvalue weighted by atomic mass is 10.2. The van der Waals surface area contributed by atoms with Crippen molar-refractivity contribution in [3.05, 3.63) is 51.3 Å². The fourth-order valence-corrected chi connectivity index (χ4v) is 4.61. The van der Waals surface area contributed by atoms with E-state index >= 15 is 0 Å². The van der Waals surface area contributed by atoms with Crippen LogP contribution in [0.3, 0.4) is 0 Å². The van der Waals surface area contributed by atoms with Crippen molar-refractivity contribution in [1.82, 2.24) is 15.3 Å². The summed E-state index contributed by atoms with van der Waals surface area (Å²) in [6.07, 6.45) is 4.25. The zero-order chi connectivity index (χ0) is 17.2. The second kappa shape index (κ2) is 7.11. The minimum absolute atomic E-state index is 0.0713. The van der Waals surface area contributed by atoms with Crippen LogP contribution in [-0.4, -0.2) is 35.0 Å². The van der Waals surface area contributed by atoms with E-state index in [2.05, 4.69) is 20.2 Å². The summed E-state index contributed by atoms with van der Waals surface area (Å²) in [5.74, 6) is 0.705. The Morgan fingerprint density at radius 2 is 2.28 bits per heavy atom. The number of carbonyl (C=O) groups is 1. The molecule has 3 aromatic rings. The lowest BCUT2D eigenvalue weighted by Gasteiger charge is -2.18. The van der Waals surface area contributed by atoms with Gasteiger partial charge in [-0.2, -0.15) is 11.3 Å². The smallest absolute Gasteiger partial charge is 0.263 e. The minimum Gasteiger partial charge on any atom is -0.353 e. The number of halogens is 1. The Hall–Kier alpha value is -1.96. The number of rotatable bonds is 4. The van der Waals surface area contributed by atoms with Gasteiger partial charge in [0.1, 0.15) is 15.7 Å². The normalized spacial score (nSPS) is 17.0. The van der Waals surface area contributed by atoms with Crippen molar-refractivity contribution < 1.29 is 4.79 Å². The first-order chi connectivity index (χ1) is 12.2. The molecule has 4 heterocycles. The summed E-state index contributed by atoms with van der Waals surface area (Å²) in [6, 6.07) is 5.74. The number of aromatic nitrogens is 2. The summed E-state index contributed by atoms with van der Waals surface area (Å²) >= 11 is 9.25. The fraction of sp³-hybridized carbons (Fsp3) is 0.235. The average Bonchev–Trinajstić information content (AvgIpc) is 3.36. The molecule has 1 unspecified atom stereocenters. The van der Waals surface area contributed by atoms with Crippen molar-refractivity contribution in [2.45, 2.75) is 12.5 Å². The molecule has 5 nitrogen and oxygen atoms in total. The Kier molecular flexibility index (Phi) is 4.70. The van der Waals surface area contributed by atoms with Crippen LogP contribution in [0.2, 0.25) is 5.02 Å². The van der Waals surface area contributed by atoms with Gasteiger partial charge in [0, 0.05) is 36.3 Å². The summed E-state index contributed by atoms with van der Waals surface area (Å²) in [4.78, 5) is 23.9. The molecule has 0 spiro atoms. The average molecular weight is 391 g/mol. The molecule has 128 valence electrons. The molecule has 1 atom stereocenters. The molecule has 0 bridgehead atoms. The Morgan fingerprint density at radius 3 is 3.08 bits per heavy atom. The highest BCUT2D eigenvalue weighted by atomic mass is 35.5. The van der Waals surface area contributed by atoms with Gasteiger partial charge in [0.2, 0.25) is 0 Å². The van der Waals surface area contributed by atoms with Crippen molar-refractivity contribution in [3.8, 4) is 10.6 Å². The first kappa shape index (κ1) is 16.5. The van der Waals surface area contributed by atoms with Crippen LogP contribution in [0.25, 0.3) is 10.6 Å². The van der Waals surface area contributed by atoms with Gasteiger partial charge in [-0.05, 0) is 30.0 Å². The minimum atomic E-state index is -0.0713.